The van der Waals surface area contributed by atoms with Gasteiger partial charge in [0.2, 0.25) is 6.41 Å². The van der Waals surface area contributed by atoms with Crippen LogP contribution in [-0.4, -0.2) is 22.9 Å². The molecule has 0 unspecified atom stereocenters. The van der Waals surface area contributed by atoms with Crippen molar-refractivity contribution >= 4 is 12.1 Å². The molecule has 0 aliphatic heterocycles. The Morgan fingerprint density at radius 3 is 2.04 bits per heavy atom. The number of methoxy groups -OCH3 is 1. The molecule has 1 N–H and O–H groups in total. The summed E-state index contributed by atoms with van der Waals surface area (Å²) in [6, 6.07) is 16.8. The van der Waals surface area contributed by atoms with Crippen LogP contribution in [0.4, 0.5) is 5.69 Å². The molecule has 0 bridgehead atoms. The van der Waals surface area contributed by atoms with Gasteiger partial charge in [0.25, 0.3) is 5.56 Å². The van der Waals surface area contributed by atoms with Crippen LogP contribution in [0.3, 0.4) is 0 Å². The maximum atomic E-state index is 13.3. The SMILES string of the molecule is COc1ccc(-n2c(=O)c(NC=O)c(C(C)(C)C)n2-c2ccccc2)cc1. The Morgan fingerprint density at radius 1 is 0.926 bits per heavy atom. The first kappa shape index (κ1) is 18.5. The summed E-state index contributed by atoms with van der Waals surface area (Å²) >= 11 is 0. The second kappa shape index (κ2) is 7.15. The van der Waals surface area contributed by atoms with E-state index in [9.17, 15) is 9.59 Å². The van der Waals surface area contributed by atoms with Crippen LogP contribution in [0.2, 0.25) is 0 Å². The van der Waals surface area contributed by atoms with E-state index in [0.717, 1.165) is 11.4 Å². The van der Waals surface area contributed by atoms with Crippen molar-refractivity contribution in [2.24, 2.45) is 0 Å². The average molecular weight is 365 g/mol. The first-order valence-corrected chi connectivity index (χ1v) is 8.67. The lowest BCUT2D eigenvalue weighted by molar-refractivity contribution is -0.105. The molecule has 0 radical (unpaired) electrons. The van der Waals surface area contributed by atoms with Crippen LogP contribution >= 0.6 is 0 Å². The molecule has 3 rings (SSSR count). The average Bonchev–Trinajstić information content (AvgIpc) is 2.96. The maximum Gasteiger partial charge on any atom is 0.295 e. The van der Waals surface area contributed by atoms with Crippen molar-refractivity contribution in [1.82, 2.24) is 9.36 Å². The third-order valence-corrected chi connectivity index (χ3v) is 4.29. The van der Waals surface area contributed by atoms with E-state index in [1.165, 1.54) is 0 Å². The number of rotatable bonds is 5. The first-order chi connectivity index (χ1) is 12.9. The minimum atomic E-state index is -0.391. The molecule has 1 heterocycles. The third-order valence-electron chi connectivity index (χ3n) is 4.29. The standard InChI is InChI=1S/C21H23N3O3/c1-21(2,3)19-18(22-14-25)20(26)24(16-10-12-17(27-4)13-11-16)23(19)15-8-6-5-7-9-15/h5-14H,1-4H3,(H,22,25). The monoisotopic (exact) mass is 365 g/mol. The number of benzene rings is 2. The molecule has 6 nitrogen and oxygen atoms in total. The summed E-state index contributed by atoms with van der Waals surface area (Å²) in [5, 5.41) is 2.61. The summed E-state index contributed by atoms with van der Waals surface area (Å²) in [4.78, 5) is 24.5. The van der Waals surface area contributed by atoms with Gasteiger partial charge in [-0.3, -0.25) is 9.59 Å². The number of hydrogen-bond donors (Lipinski definition) is 1. The minimum absolute atomic E-state index is 0.275. The van der Waals surface area contributed by atoms with Crippen LogP contribution < -0.4 is 15.6 Å². The molecule has 1 aromatic heterocycles. The van der Waals surface area contributed by atoms with Gasteiger partial charge in [-0.25, -0.2) is 9.36 Å². The molecule has 6 heteroatoms. The highest BCUT2D eigenvalue weighted by Gasteiger charge is 2.30. The van der Waals surface area contributed by atoms with E-state index < -0.39 is 5.41 Å². The zero-order valence-corrected chi connectivity index (χ0v) is 15.9. The van der Waals surface area contributed by atoms with E-state index in [-0.39, 0.29) is 11.2 Å². The minimum Gasteiger partial charge on any atom is -0.497 e. The van der Waals surface area contributed by atoms with Crippen LogP contribution in [0, 0.1) is 0 Å². The molecular formula is C21H23N3O3. The van der Waals surface area contributed by atoms with Crippen molar-refractivity contribution in [2.45, 2.75) is 26.2 Å². The molecule has 0 saturated carbocycles. The quantitative estimate of drug-likeness (QED) is 0.704. The zero-order chi connectivity index (χ0) is 19.6. The predicted molar refractivity (Wildman–Crippen MR) is 106 cm³/mol. The van der Waals surface area contributed by atoms with E-state index >= 15 is 0 Å². The third kappa shape index (κ3) is 3.38. The van der Waals surface area contributed by atoms with Crippen molar-refractivity contribution < 1.29 is 9.53 Å². The molecule has 140 valence electrons. The van der Waals surface area contributed by atoms with E-state index in [0.29, 0.717) is 17.8 Å². The number of anilines is 1. The molecule has 0 atom stereocenters. The fourth-order valence-electron chi connectivity index (χ4n) is 3.16. The van der Waals surface area contributed by atoms with Crippen LogP contribution in [0.5, 0.6) is 5.75 Å². The van der Waals surface area contributed by atoms with Gasteiger partial charge in [-0.2, -0.15) is 0 Å². The molecule has 3 aromatic rings. The van der Waals surface area contributed by atoms with Crippen molar-refractivity contribution in [2.75, 3.05) is 12.4 Å². The highest BCUT2D eigenvalue weighted by atomic mass is 16.5. The number of amides is 1. The summed E-state index contributed by atoms with van der Waals surface area (Å²) in [5.74, 6) is 0.701. The van der Waals surface area contributed by atoms with Crippen molar-refractivity contribution in [3.8, 4) is 17.1 Å². The van der Waals surface area contributed by atoms with Gasteiger partial charge in [-0.15, -0.1) is 0 Å². The molecule has 0 saturated heterocycles. The van der Waals surface area contributed by atoms with Gasteiger partial charge in [0.15, 0.2) is 0 Å². The number of carbonyl (C=O) groups excluding carboxylic acids is 1. The van der Waals surface area contributed by atoms with Gasteiger partial charge in [0.05, 0.1) is 24.2 Å². The molecule has 0 spiro atoms. The molecule has 0 fully saturated rings. The largest absolute Gasteiger partial charge is 0.497 e. The van der Waals surface area contributed by atoms with E-state index in [1.807, 2.05) is 67.9 Å². The highest BCUT2D eigenvalue weighted by Crippen LogP contribution is 2.31. The van der Waals surface area contributed by atoms with Gasteiger partial charge < -0.3 is 10.1 Å². The lowest BCUT2D eigenvalue weighted by atomic mass is 9.91. The molecule has 27 heavy (non-hydrogen) atoms. The van der Waals surface area contributed by atoms with Crippen LogP contribution in [0.25, 0.3) is 11.4 Å². The van der Waals surface area contributed by atoms with Gasteiger partial charge in [-0.05, 0) is 36.4 Å². The number of hydrogen-bond acceptors (Lipinski definition) is 3. The lowest BCUT2D eigenvalue weighted by Crippen LogP contribution is -2.23. The Morgan fingerprint density at radius 2 is 1.52 bits per heavy atom. The van der Waals surface area contributed by atoms with E-state index in [4.69, 9.17) is 4.74 Å². The summed E-state index contributed by atoms with van der Waals surface area (Å²) in [6.45, 7) is 6.03. The van der Waals surface area contributed by atoms with Crippen LogP contribution in [0.15, 0.2) is 59.4 Å². The van der Waals surface area contributed by atoms with Crippen molar-refractivity contribution in [1.29, 1.82) is 0 Å². The van der Waals surface area contributed by atoms with Gasteiger partial charge >= 0.3 is 0 Å². The van der Waals surface area contributed by atoms with Crippen molar-refractivity contribution in [3.63, 3.8) is 0 Å². The Bertz CT molecular complexity index is 994. The number of ether oxygens (including phenoxy) is 1. The van der Waals surface area contributed by atoms with Gasteiger partial charge in [0, 0.05) is 5.41 Å². The second-order valence-electron chi connectivity index (χ2n) is 7.20. The Kier molecular flexibility index (Phi) is 4.90. The van der Waals surface area contributed by atoms with Crippen LogP contribution in [0.1, 0.15) is 26.5 Å². The highest BCUT2D eigenvalue weighted by molar-refractivity contribution is 5.74. The summed E-state index contributed by atoms with van der Waals surface area (Å²) in [5.41, 5.74) is 1.82. The summed E-state index contributed by atoms with van der Waals surface area (Å²) in [6.07, 6.45) is 0.541. The number of nitrogens with one attached hydrogen (secondary N) is 1. The molecule has 0 aliphatic rings. The Labute approximate surface area is 158 Å². The van der Waals surface area contributed by atoms with Gasteiger partial charge in [-0.1, -0.05) is 39.0 Å². The van der Waals surface area contributed by atoms with Gasteiger partial charge in [0.1, 0.15) is 11.4 Å². The Balaban J connectivity index is 2.41. The molecule has 2 aromatic carbocycles. The fraction of sp³-hybridized carbons (Fsp3) is 0.238. The topological polar surface area (TPSA) is 65.3 Å². The predicted octanol–water partition coefficient (Wildman–Crippen LogP) is 3.50. The normalized spacial score (nSPS) is 11.3. The Hall–Kier alpha value is -3.28. The van der Waals surface area contributed by atoms with Crippen LogP contribution in [-0.2, 0) is 10.2 Å². The number of aromatic nitrogens is 2. The smallest absolute Gasteiger partial charge is 0.295 e. The van der Waals surface area contributed by atoms with Crippen molar-refractivity contribution in [3.05, 3.63) is 70.6 Å². The summed E-state index contributed by atoms with van der Waals surface area (Å²) < 4.78 is 8.65. The first-order valence-electron chi connectivity index (χ1n) is 8.67. The zero-order valence-electron chi connectivity index (χ0n) is 15.9. The molecule has 0 aliphatic carbocycles. The van der Waals surface area contributed by atoms with E-state index in [1.54, 1.807) is 23.9 Å². The van der Waals surface area contributed by atoms with E-state index in [2.05, 4.69) is 5.32 Å². The summed E-state index contributed by atoms with van der Waals surface area (Å²) in [7, 11) is 1.59. The lowest BCUT2D eigenvalue weighted by Gasteiger charge is -2.24. The maximum absolute atomic E-state index is 13.3. The number of nitrogens with zero attached hydrogens (tertiary/aromatic N) is 2. The number of carbonyl (C=O) groups is 1. The fourth-order valence-corrected chi connectivity index (χ4v) is 3.16. The molecule has 1 amide bonds. The number of para-hydroxylation sites is 1. The second-order valence-corrected chi connectivity index (χ2v) is 7.20. The molecular weight excluding hydrogens is 342 g/mol.